The zero-order valence-corrected chi connectivity index (χ0v) is 15.7. The van der Waals surface area contributed by atoms with E-state index in [0.29, 0.717) is 5.95 Å². The van der Waals surface area contributed by atoms with Crippen LogP contribution in [0.15, 0.2) is 39.8 Å². The Kier molecular flexibility index (Phi) is 7.25. The van der Waals surface area contributed by atoms with Gasteiger partial charge in [0.25, 0.3) is 0 Å². The van der Waals surface area contributed by atoms with Crippen LogP contribution in [0.2, 0.25) is 0 Å². The van der Waals surface area contributed by atoms with Gasteiger partial charge in [-0.2, -0.15) is 4.98 Å². The van der Waals surface area contributed by atoms with Crippen molar-refractivity contribution in [3.05, 3.63) is 34.9 Å². The predicted octanol–water partition coefficient (Wildman–Crippen LogP) is 3.96. The van der Waals surface area contributed by atoms with E-state index in [2.05, 4.69) is 36.5 Å². The fourth-order valence-electron chi connectivity index (χ4n) is 1.66. The number of rotatable bonds is 5. The van der Waals surface area contributed by atoms with Gasteiger partial charge in [-0.05, 0) is 54.0 Å². The Morgan fingerprint density at radius 1 is 1.23 bits per heavy atom. The molecule has 0 bridgehead atoms. The van der Waals surface area contributed by atoms with Crippen molar-refractivity contribution in [1.82, 2.24) is 9.97 Å². The Balaban J connectivity index is 0.00000242. The molecule has 2 aromatic rings. The Morgan fingerprint density at radius 3 is 2.41 bits per heavy atom. The molecular formula is C14H18BrClN4OS. The van der Waals surface area contributed by atoms with Crippen LogP contribution in [0.5, 0.6) is 0 Å². The average Bonchev–Trinajstić information content (AvgIpc) is 2.42. The highest BCUT2D eigenvalue weighted by Gasteiger charge is 2.07. The molecule has 0 spiro atoms. The molecule has 8 heteroatoms. The standard InChI is InChI=1S/C14H17BrN4OS.ClH/c1-9(2)17-13-12(15)8-16-14(19-13)18-10-4-6-11(7-5-10)21(3)20;/h4-9H,1-3H3,(H2,16,17,18,19);1H. The maximum absolute atomic E-state index is 11.4. The van der Waals surface area contributed by atoms with Crippen LogP contribution in [0.3, 0.4) is 0 Å². The zero-order valence-electron chi connectivity index (χ0n) is 12.5. The largest absolute Gasteiger partial charge is 0.367 e. The third-order valence-electron chi connectivity index (χ3n) is 2.61. The summed E-state index contributed by atoms with van der Waals surface area (Å²) in [7, 11) is -0.972. The highest BCUT2D eigenvalue weighted by Crippen LogP contribution is 2.22. The highest BCUT2D eigenvalue weighted by atomic mass is 79.9. The minimum atomic E-state index is -0.972. The van der Waals surface area contributed by atoms with Gasteiger partial charge in [-0.25, -0.2) is 4.98 Å². The molecular weight excluding hydrogens is 388 g/mol. The number of hydrogen-bond donors (Lipinski definition) is 2. The summed E-state index contributed by atoms with van der Waals surface area (Å²) in [6, 6.07) is 7.65. The van der Waals surface area contributed by atoms with Crippen molar-refractivity contribution < 1.29 is 4.21 Å². The number of halogens is 2. The average molecular weight is 406 g/mol. The molecule has 5 nitrogen and oxygen atoms in total. The van der Waals surface area contributed by atoms with E-state index in [1.165, 1.54) is 0 Å². The summed E-state index contributed by atoms with van der Waals surface area (Å²) in [4.78, 5) is 9.45. The summed E-state index contributed by atoms with van der Waals surface area (Å²) < 4.78 is 12.2. The molecule has 0 saturated heterocycles. The molecule has 22 heavy (non-hydrogen) atoms. The Morgan fingerprint density at radius 2 is 1.86 bits per heavy atom. The van der Waals surface area contributed by atoms with Gasteiger partial charge in [0.05, 0.1) is 4.47 Å². The molecule has 1 aromatic carbocycles. The topological polar surface area (TPSA) is 66.9 Å². The van der Waals surface area contributed by atoms with Crippen molar-refractivity contribution in [3.63, 3.8) is 0 Å². The Labute approximate surface area is 147 Å². The van der Waals surface area contributed by atoms with Gasteiger partial charge >= 0.3 is 0 Å². The van der Waals surface area contributed by atoms with Gasteiger partial charge < -0.3 is 10.6 Å². The van der Waals surface area contributed by atoms with E-state index in [1.54, 1.807) is 12.5 Å². The van der Waals surface area contributed by atoms with Crippen molar-refractivity contribution in [3.8, 4) is 0 Å². The molecule has 1 heterocycles. The molecule has 2 N–H and O–H groups in total. The number of nitrogens with zero attached hydrogens (tertiary/aromatic N) is 2. The van der Waals surface area contributed by atoms with Crippen LogP contribution in [-0.2, 0) is 10.8 Å². The summed E-state index contributed by atoms with van der Waals surface area (Å²) in [5.41, 5.74) is 0.849. The summed E-state index contributed by atoms with van der Waals surface area (Å²) >= 11 is 3.42. The SMILES string of the molecule is CC(C)Nc1nc(Nc2ccc(S(C)=O)cc2)ncc1Br.Cl. The van der Waals surface area contributed by atoms with Gasteiger partial charge in [0.2, 0.25) is 5.95 Å². The lowest BCUT2D eigenvalue weighted by atomic mass is 10.3. The van der Waals surface area contributed by atoms with Crippen molar-refractivity contribution in [2.75, 3.05) is 16.9 Å². The number of anilines is 3. The van der Waals surface area contributed by atoms with Crippen LogP contribution in [0.4, 0.5) is 17.5 Å². The summed E-state index contributed by atoms with van der Waals surface area (Å²) in [5.74, 6) is 1.25. The predicted molar refractivity (Wildman–Crippen MR) is 97.8 cm³/mol. The number of aromatic nitrogens is 2. The summed E-state index contributed by atoms with van der Waals surface area (Å²) in [6.45, 7) is 4.09. The van der Waals surface area contributed by atoms with E-state index in [0.717, 1.165) is 20.9 Å². The molecule has 0 aliphatic carbocycles. The van der Waals surface area contributed by atoms with Crippen molar-refractivity contribution in [1.29, 1.82) is 0 Å². The molecule has 0 aliphatic rings. The third kappa shape index (κ3) is 5.23. The zero-order chi connectivity index (χ0) is 15.4. The first-order chi connectivity index (χ1) is 9.95. The fourth-order valence-corrected chi connectivity index (χ4v) is 2.49. The Bertz CT molecular complexity index is 652. The molecule has 0 aliphatic heterocycles. The molecule has 0 amide bonds. The quantitative estimate of drug-likeness (QED) is 0.788. The highest BCUT2D eigenvalue weighted by molar-refractivity contribution is 9.10. The third-order valence-corrected chi connectivity index (χ3v) is 4.13. The second-order valence-corrected chi connectivity index (χ2v) is 7.03. The first-order valence-electron chi connectivity index (χ1n) is 6.45. The van der Waals surface area contributed by atoms with Gasteiger partial charge in [0.1, 0.15) is 5.82 Å². The van der Waals surface area contributed by atoms with E-state index in [-0.39, 0.29) is 18.4 Å². The molecule has 1 atom stereocenters. The summed E-state index contributed by atoms with van der Waals surface area (Å²) in [6.07, 6.45) is 3.36. The van der Waals surface area contributed by atoms with Crippen LogP contribution in [0.25, 0.3) is 0 Å². The minimum Gasteiger partial charge on any atom is -0.367 e. The van der Waals surface area contributed by atoms with Crippen molar-refractivity contribution in [2.45, 2.75) is 24.8 Å². The van der Waals surface area contributed by atoms with Crippen LogP contribution in [-0.4, -0.2) is 26.5 Å². The van der Waals surface area contributed by atoms with Gasteiger partial charge in [-0.1, -0.05) is 0 Å². The molecule has 1 unspecified atom stereocenters. The molecule has 2 rings (SSSR count). The van der Waals surface area contributed by atoms with E-state index in [9.17, 15) is 4.21 Å². The Hall–Kier alpha value is -1.18. The van der Waals surface area contributed by atoms with Gasteiger partial charge in [0.15, 0.2) is 0 Å². The monoisotopic (exact) mass is 404 g/mol. The maximum atomic E-state index is 11.4. The first-order valence-corrected chi connectivity index (χ1v) is 8.80. The molecule has 0 radical (unpaired) electrons. The lowest BCUT2D eigenvalue weighted by Gasteiger charge is -2.12. The summed E-state index contributed by atoms with van der Waals surface area (Å²) in [5, 5.41) is 6.37. The molecule has 120 valence electrons. The smallest absolute Gasteiger partial charge is 0.229 e. The van der Waals surface area contributed by atoms with Crippen LogP contribution in [0.1, 0.15) is 13.8 Å². The second-order valence-electron chi connectivity index (χ2n) is 4.79. The lowest BCUT2D eigenvalue weighted by molar-refractivity contribution is 0.687. The van der Waals surface area contributed by atoms with Crippen LogP contribution in [0, 0.1) is 0 Å². The minimum absolute atomic E-state index is 0. The van der Waals surface area contributed by atoms with Crippen molar-refractivity contribution >= 4 is 56.6 Å². The molecule has 0 saturated carbocycles. The number of benzene rings is 1. The van der Waals surface area contributed by atoms with E-state index < -0.39 is 10.8 Å². The first kappa shape index (κ1) is 18.9. The second kappa shape index (κ2) is 8.45. The van der Waals surface area contributed by atoms with Crippen LogP contribution >= 0.6 is 28.3 Å². The lowest BCUT2D eigenvalue weighted by Crippen LogP contribution is -2.12. The van der Waals surface area contributed by atoms with E-state index >= 15 is 0 Å². The maximum Gasteiger partial charge on any atom is 0.229 e. The fraction of sp³-hybridized carbons (Fsp3) is 0.286. The molecule has 1 aromatic heterocycles. The van der Waals surface area contributed by atoms with Gasteiger partial charge in [-0.15, -0.1) is 12.4 Å². The normalized spacial score (nSPS) is 11.7. The molecule has 0 fully saturated rings. The van der Waals surface area contributed by atoms with E-state index in [1.807, 2.05) is 38.1 Å². The van der Waals surface area contributed by atoms with Crippen molar-refractivity contribution in [2.24, 2.45) is 0 Å². The number of nitrogens with one attached hydrogen (secondary N) is 2. The van der Waals surface area contributed by atoms with Gasteiger partial charge in [-0.3, -0.25) is 4.21 Å². The van der Waals surface area contributed by atoms with Crippen LogP contribution < -0.4 is 10.6 Å². The van der Waals surface area contributed by atoms with E-state index in [4.69, 9.17) is 0 Å². The number of hydrogen-bond acceptors (Lipinski definition) is 5. The van der Waals surface area contributed by atoms with Gasteiger partial charge in [0, 0.05) is 39.9 Å².